The third-order valence-electron chi connectivity index (χ3n) is 2.80. The van der Waals surface area contributed by atoms with Gasteiger partial charge in [-0.1, -0.05) is 12.1 Å². The molecule has 1 rings (SSSR count). The van der Waals surface area contributed by atoms with E-state index in [1.807, 2.05) is 45.0 Å². The molecule has 1 atom stereocenters. The highest BCUT2D eigenvalue weighted by molar-refractivity contribution is 5.67. The lowest BCUT2D eigenvalue weighted by molar-refractivity contribution is 0.0523. The molecule has 0 aliphatic rings. The first kappa shape index (κ1) is 17.3. The summed E-state index contributed by atoms with van der Waals surface area (Å²) >= 11 is 0. The fourth-order valence-corrected chi connectivity index (χ4v) is 1.82. The number of carbonyl (C=O) groups excluding carboxylic acids is 1. The van der Waals surface area contributed by atoms with E-state index in [0.717, 1.165) is 11.3 Å². The number of amides is 1. The average molecular weight is 295 g/mol. The maximum absolute atomic E-state index is 11.4. The quantitative estimate of drug-likeness (QED) is 0.792. The van der Waals surface area contributed by atoms with Gasteiger partial charge in [0.25, 0.3) is 0 Å². The number of benzene rings is 1. The molecule has 0 aliphatic heterocycles. The molecule has 5 nitrogen and oxygen atoms in total. The zero-order valence-electron chi connectivity index (χ0n) is 13.2. The molecule has 0 spiro atoms. The number of rotatable bonds is 6. The summed E-state index contributed by atoms with van der Waals surface area (Å²) < 4.78 is 10.3. The lowest BCUT2D eigenvalue weighted by Crippen LogP contribution is -2.33. The van der Waals surface area contributed by atoms with Crippen LogP contribution in [0.4, 0.5) is 4.79 Å². The van der Waals surface area contributed by atoms with Crippen molar-refractivity contribution >= 4 is 6.09 Å². The number of hydrogen-bond acceptors (Lipinski definition) is 4. The molecular weight excluding hydrogens is 270 g/mol. The Bertz CT molecular complexity index is 454. The highest BCUT2D eigenvalue weighted by atomic mass is 16.6. The van der Waals surface area contributed by atoms with E-state index in [-0.39, 0.29) is 0 Å². The zero-order valence-corrected chi connectivity index (χ0v) is 13.2. The van der Waals surface area contributed by atoms with Crippen LogP contribution >= 0.6 is 0 Å². The van der Waals surface area contributed by atoms with Crippen LogP contribution in [0.5, 0.6) is 5.75 Å². The number of alkyl carbamates (subject to hydrolysis) is 1. The van der Waals surface area contributed by atoms with Gasteiger partial charge in [-0.15, -0.1) is 0 Å². The molecular formula is C16H25NO4. The Morgan fingerprint density at radius 1 is 1.38 bits per heavy atom. The molecule has 2 N–H and O–H groups in total. The van der Waals surface area contributed by atoms with Gasteiger partial charge in [0.1, 0.15) is 11.4 Å². The summed E-state index contributed by atoms with van der Waals surface area (Å²) in [5, 5.41) is 12.8. The van der Waals surface area contributed by atoms with Gasteiger partial charge < -0.3 is 19.9 Å². The summed E-state index contributed by atoms with van der Waals surface area (Å²) in [5.74, 6) is 0.721. The highest BCUT2D eigenvalue weighted by Gasteiger charge is 2.15. The highest BCUT2D eigenvalue weighted by Crippen LogP contribution is 2.22. The van der Waals surface area contributed by atoms with Gasteiger partial charge in [-0.05, 0) is 51.3 Å². The maximum atomic E-state index is 11.4. The topological polar surface area (TPSA) is 67.8 Å². The number of hydrogen-bond donors (Lipinski definition) is 2. The molecule has 0 saturated heterocycles. The van der Waals surface area contributed by atoms with Crippen LogP contribution in [0.25, 0.3) is 0 Å². The Labute approximate surface area is 126 Å². The molecule has 0 fully saturated rings. The van der Waals surface area contributed by atoms with Gasteiger partial charge in [-0.3, -0.25) is 0 Å². The maximum Gasteiger partial charge on any atom is 0.407 e. The molecule has 5 heteroatoms. The number of nitrogens with one attached hydrogen (secondary N) is 1. The Balaban J connectivity index is 2.30. The number of aliphatic hydroxyl groups is 1. The largest absolute Gasteiger partial charge is 0.497 e. The summed E-state index contributed by atoms with van der Waals surface area (Å²) in [6.07, 6.45) is 0.222. The first-order chi connectivity index (χ1) is 9.81. The number of carbonyl (C=O) groups is 1. The van der Waals surface area contributed by atoms with E-state index >= 15 is 0 Å². The third-order valence-corrected chi connectivity index (χ3v) is 2.80. The average Bonchev–Trinajstić information content (AvgIpc) is 2.41. The van der Waals surface area contributed by atoms with E-state index in [1.165, 1.54) is 0 Å². The van der Waals surface area contributed by atoms with Crippen LogP contribution < -0.4 is 10.1 Å². The van der Waals surface area contributed by atoms with Crippen molar-refractivity contribution in [2.24, 2.45) is 0 Å². The van der Waals surface area contributed by atoms with Crippen LogP contribution in [0.1, 0.15) is 45.3 Å². The standard InChI is InChI=1S/C16H25NO4/c1-16(2,3)21-15(19)17-10-6-9-14(18)12-7-5-8-13(11-12)20-4/h5,7-8,11,14,18H,6,9-10H2,1-4H3,(H,17,19)/t14-/m1/s1. The lowest BCUT2D eigenvalue weighted by atomic mass is 10.0. The Kier molecular flexibility index (Phi) is 6.49. The summed E-state index contributed by atoms with van der Waals surface area (Å²) in [4.78, 5) is 11.4. The van der Waals surface area contributed by atoms with Crippen molar-refractivity contribution in [3.63, 3.8) is 0 Å². The smallest absolute Gasteiger partial charge is 0.407 e. The van der Waals surface area contributed by atoms with Crippen LogP contribution in [0, 0.1) is 0 Å². The second-order valence-electron chi connectivity index (χ2n) is 5.86. The van der Waals surface area contributed by atoms with Crippen molar-refractivity contribution in [1.82, 2.24) is 5.32 Å². The predicted octanol–water partition coefficient (Wildman–Crippen LogP) is 3.03. The van der Waals surface area contributed by atoms with Gasteiger partial charge in [-0.2, -0.15) is 0 Å². The Morgan fingerprint density at radius 3 is 2.71 bits per heavy atom. The van der Waals surface area contributed by atoms with Gasteiger partial charge in [-0.25, -0.2) is 4.79 Å². The number of methoxy groups -OCH3 is 1. The van der Waals surface area contributed by atoms with Gasteiger partial charge in [0.05, 0.1) is 13.2 Å². The van der Waals surface area contributed by atoms with Crippen LogP contribution in [0.15, 0.2) is 24.3 Å². The van der Waals surface area contributed by atoms with Crippen LogP contribution in [0.2, 0.25) is 0 Å². The summed E-state index contributed by atoms with van der Waals surface area (Å²) in [5.41, 5.74) is 0.316. The van der Waals surface area contributed by atoms with E-state index in [1.54, 1.807) is 7.11 Å². The van der Waals surface area contributed by atoms with Crippen molar-refractivity contribution < 1.29 is 19.4 Å². The van der Waals surface area contributed by atoms with Crippen LogP contribution in [-0.2, 0) is 4.74 Å². The van der Waals surface area contributed by atoms with Gasteiger partial charge in [0, 0.05) is 6.54 Å². The minimum absolute atomic E-state index is 0.432. The molecule has 0 unspecified atom stereocenters. The SMILES string of the molecule is COc1cccc([C@H](O)CCCNC(=O)OC(C)(C)C)c1. The molecule has 1 aromatic carbocycles. The second kappa shape index (κ2) is 7.88. The first-order valence-electron chi connectivity index (χ1n) is 7.10. The lowest BCUT2D eigenvalue weighted by Gasteiger charge is -2.19. The Morgan fingerprint density at radius 2 is 2.10 bits per heavy atom. The van der Waals surface area contributed by atoms with Gasteiger partial charge in [0.15, 0.2) is 0 Å². The normalized spacial score (nSPS) is 12.6. The molecule has 0 radical (unpaired) electrons. The molecule has 118 valence electrons. The number of aliphatic hydroxyl groups excluding tert-OH is 1. The van der Waals surface area contributed by atoms with E-state index in [2.05, 4.69) is 5.32 Å². The van der Waals surface area contributed by atoms with E-state index in [9.17, 15) is 9.90 Å². The fourth-order valence-electron chi connectivity index (χ4n) is 1.82. The van der Waals surface area contributed by atoms with Crippen molar-refractivity contribution in [2.75, 3.05) is 13.7 Å². The first-order valence-corrected chi connectivity index (χ1v) is 7.10. The molecule has 21 heavy (non-hydrogen) atoms. The molecule has 1 aromatic rings. The van der Waals surface area contributed by atoms with E-state index in [0.29, 0.717) is 19.4 Å². The zero-order chi connectivity index (χ0) is 15.9. The molecule has 0 bridgehead atoms. The predicted molar refractivity (Wildman–Crippen MR) is 81.4 cm³/mol. The van der Waals surface area contributed by atoms with Crippen molar-refractivity contribution in [1.29, 1.82) is 0 Å². The van der Waals surface area contributed by atoms with Gasteiger partial charge in [0.2, 0.25) is 0 Å². The van der Waals surface area contributed by atoms with Gasteiger partial charge >= 0.3 is 6.09 Å². The summed E-state index contributed by atoms with van der Waals surface area (Å²) in [6, 6.07) is 7.34. The minimum Gasteiger partial charge on any atom is -0.497 e. The Hall–Kier alpha value is -1.75. The monoisotopic (exact) mass is 295 g/mol. The summed E-state index contributed by atoms with van der Waals surface area (Å²) in [7, 11) is 1.59. The molecule has 0 aromatic heterocycles. The molecule has 1 amide bonds. The molecule has 0 heterocycles. The van der Waals surface area contributed by atoms with Crippen molar-refractivity contribution in [2.45, 2.75) is 45.3 Å². The number of ether oxygens (including phenoxy) is 2. The third kappa shape index (κ3) is 6.99. The summed E-state index contributed by atoms with van der Waals surface area (Å²) in [6.45, 7) is 5.92. The van der Waals surface area contributed by atoms with Crippen molar-refractivity contribution in [3.8, 4) is 5.75 Å². The molecule has 0 aliphatic carbocycles. The van der Waals surface area contributed by atoms with Crippen LogP contribution in [-0.4, -0.2) is 30.5 Å². The van der Waals surface area contributed by atoms with E-state index in [4.69, 9.17) is 9.47 Å². The van der Waals surface area contributed by atoms with Crippen LogP contribution in [0.3, 0.4) is 0 Å². The fraction of sp³-hybridized carbons (Fsp3) is 0.562. The second-order valence-corrected chi connectivity index (χ2v) is 5.86. The van der Waals surface area contributed by atoms with E-state index < -0.39 is 17.8 Å². The molecule has 0 saturated carbocycles. The minimum atomic E-state index is -0.569. The van der Waals surface area contributed by atoms with Crippen molar-refractivity contribution in [3.05, 3.63) is 29.8 Å².